The van der Waals surface area contributed by atoms with E-state index in [0.717, 1.165) is 46.2 Å². The maximum atomic E-state index is 5.93. The van der Waals surface area contributed by atoms with Gasteiger partial charge in [0, 0.05) is 11.1 Å². The van der Waals surface area contributed by atoms with Gasteiger partial charge in [0.15, 0.2) is 11.2 Å². The van der Waals surface area contributed by atoms with Crippen molar-refractivity contribution in [3.8, 4) is 22.9 Å². The zero-order chi connectivity index (χ0) is 23.1. The third-order valence-corrected chi connectivity index (χ3v) is 6.19. The van der Waals surface area contributed by atoms with Gasteiger partial charge in [-0.2, -0.15) is 0 Å². The Balaban J connectivity index is 1.13. The van der Waals surface area contributed by atoms with Crippen LogP contribution in [0.2, 0.25) is 0 Å². The normalized spacial score (nSPS) is 11.5. The first kappa shape index (κ1) is 20.4. The molecule has 0 aliphatic carbocycles. The van der Waals surface area contributed by atoms with Gasteiger partial charge in [0.2, 0.25) is 11.8 Å². The molecule has 2 aromatic heterocycles. The van der Waals surface area contributed by atoms with Crippen molar-refractivity contribution in [1.82, 2.24) is 9.97 Å². The van der Waals surface area contributed by atoms with Gasteiger partial charge in [0.05, 0.1) is 0 Å². The van der Waals surface area contributed by atoms with Crippen LogP contribution in [0, 0.1) is 13.8 Å². The van der Waals surface area contributed by atoms with Crippen LogP contribution in [-0.4, -0.2) is 9.97 Å². The maximum absolute atomic E-state index is 5.93. The van der Waals surface area contributed by atoms with Crippen molar-refractivity contribution in [2.75, 3.05) is 0 Å². The number of aryl methyl sites for hydroxylation is 4. The van der Waals surface area contributed by atoms with E-state index in [9.17, 15) is 0 Å². The lowest BCUT2D eigenvalue weighted by atomic mass is 10.0. The number of hydrogen-bond donors (Lipinski definition) is 0. The Morgan fingerprint density at radius 3 is 1.35 bits per heavy atom. The molecule has 0 radical (unpaired) electrons. The Hall–Kier alpha value is -4.18. The third-order valence-electron chi connectivity index (χ3n) is 6.19. The molecule has 4 aromatic carbocycles. The number of rotatable bonds is 5. The second-order valence-electron chi connectivity index (χ2n) is 8.87. The van der Waals surface area contributed by atoms with Crippen molar-refractivity contribution in [3.63, 3.8) is 0 Å². The molecule has 0 aliphatic heterocycles. The van der Waals surface area contributed by atoms with Gasteiger partial charge in [0.1, 0.15) is 11.0 Å². The van der Waals surface area contributed by atoms with E-state index in [1.54, 1.807) is 0 Å². The molecule has 6 rings (SSSR count). The quantitative estimate of drug-likeness (QED) is 0.273. The highest BCUT2D eigenvalue weighted by Gasteiger charge is 2.10. The van der Waals surface area contributed by atoms with E-state index in [2.05, 4.69) is 72.3 Å². The van der Waals surface area contributed by atoms with E-state index in [1.807, 2.05) is 36.4 Å². The highest BCUT2D eigenvalue weighted by Crippen LogP contribution is 2.27. The zero-order valence-corrected chi connectivity index (χ0v) is 19.2. The molecule has 34 heavy (non-hydrogen) atoms. The van der Waals surface area contributed by atoms with Crippen LogP contribution >= 0.6 is 0 Å². The molecular weight excluding hydrogens is 420 g/mol. The van der Waals surface area contributed by atoms with E-state index in [1.165, 1.54) is 22.3 Å². The number of fused-ring (bicyclic) bond motifs is 2. The highest BCUT2D eigenvalue weighted by molar-refractivity contribution is 5.77. The Kier molecular flexibility index (Phi) is 4.99. The number of aromatic nitrogens is 2. The minimum atomic E-state index is 0.664. The molecule has 0 bridgehead atoms. The van der Waals surface area contributed by atoms with Crippen LogP contribution in [0.3, 0.4) is 0 Å². The Labute approximate surface area is 197 Å². The first-order valence-corrected chi connectivity index (χ1v) is 11.5. The smallest absolute Gasteiger partial charge is 0.227 e. The first-order chi connectivity index (χ1) is 16.6. The molecular formula is C30H24N2O2. The third kappa shape index (κ3) is 3.99. The maximum Gasteiger partial charge on any atom is 0.227 e. The van der Waals surface area contributed by atoms with Gasteiger partial charge in [0.25, 0.3) is 0 Å². The molecule has 0 fully saturated rings. The summed E-state index contributed by atoms with van der Waals surface area (Å²) in [5.41, 5.74) is 10.4. The summed E-state index contributed by atoms with van der Waals surface area (Å²) < 4.78 is 11.9. The fourth-order valence-corrected chi connectivity index (χ4v) is 4.24. The summed E-state index contributed by atoms with van der Waals surface area (Å²) in [7, 11) is 0. The fraction of sp³-hybridized carbons (Fsp3) is 0.133. The van der Waals surface area contributed by atoms with E-state index in [-0.39, 0.29) is 0 Å². The molecule has 166 valence electrons. The summed E-state index contributed by atoms with van der Waals surface area (Å²) in [5, 5.41) is 0. The fourth-order valence-electron chi connectivity index (χ4n) is 4.24. The molecule has 0 saturated carbocycles. The minimum Gasteiger partial charge on any atom is -0.436 e. The SMILES string of the molecule is Cc1ccc2oc(-c3ccc(CCc4ccc(-c5nc6cc(C)ccc6o5)cc4)cc3)nc2c1. The summed E-state index contributed by atoms with van der Waals surface area (Å²) in [4.78, 5) is 9.28. The van der Waals surface area contributed by atoms with Crippen molar-refractivity contribution in [3.05, 3.63) is 107 Å². The molecule has 2 heterocycles. The predicted octanol–water partition coefficient (Wildman–Crippen LogP) is 7.71. The molecule has 4 nitrogen and oxygen atoms in total. The monoisotopic (exact) mass is 444 g/mol. The van der Waals surface area contributed by atoms with Crippen LogP contribution in [0.1, 0.15) is 22.3 Å². The van der Waals surface area contributed by atoms with Crippen molar-refractivity contribution < 1.29 is 8.83 Å². The molecule has 0 aliphatic rings. The molecule has 0 amide bonds. The van der Waals surface area contributed by atoms with Gasteiger partial charge in [-0.1, -0.05) is 36.4 Å². The molecule has 0 saturated heterocycles. The Morgan fingerprint density at radius 2 is 0.941 bits per heavy atom. The van der Waals surface area contributed by atoms with E-state index in [4.69, 9.17) is 8.83 Å². The topological polar surface area (TPSA) is 52.1 Å². The van der Waals surface area contributed by atoms with Crippen molar-refractivity contribution in [2.45, 2.75) is 26.7 Å². The van der Waals surface area contributed by atoms with Gasteiger partial charge >= 0.3 is 0 Å². The van der Waals surface area contributed by atoms with Gasteiger partial charge in [-0.3, -0.25) is 0 Å². The van der Waals surface area contributed by atoms with E-state index < -0.39 is 0 Å². The predicted molar refractivity (Wildman–Crippen MR) is 136 cm³/mol. The van der Waals surface area contributed by atoms with Crippen LogP contribution in [0.5, 0.6) is 0 Å². The first-order valence-electron chi connectivity index (χ1n) is 11.5. The molecule has 4 heteroatoms. The van der Waals surface area contributed by atoms with E-state index in [0.29, 0.717) is 11.8 Å². The molecule has 6 aromatic rings. The molecule has 0 atom stereocenters. The summed E-state index contributed by atoms with van der Waals surface area (Å²) in [6, 6.07) is 29.1. The van der Waals surface area contributed by atoms with Gasteiger partial charge < -0.3 is 8.83 Å². The van der Waals surface area contributed by atoms with Gasteiger partial charge in [-0.05, 0) is 97.5 Å². The number of nitrogens with zero attached hydrogens (tertiary/aromatic N) is 2. The van der Waals surface area contributed by atoms with Crippen LogP contribution in [0.15, 0.2) is 93.8 Å². The standard InChI is InChI=1S/C30H24N2O2/c1-19-3-15-27-25(17-19)31-29(33-27)23-11-7-21(8-12-23)5-6-22-9-13-24(14-10-22)30-32-26-18-20(2)4-16-28(26)34-30/h3-4,7-18H,5-6H2,1-2H3. The largest absolute Gasteiger partial charge is 0.436 e. The number of oxazole rings is 2. The molecule has 0 unspecified atom stereocenters. The summed E-state index contributed by atoms with van der Waals surface area (Å²) in [6.45, 7) is 4.12. The second-order valence-corrected chi connectivity index (χ2v) is 8.87. The van der Waals surface area contributed by atoms with E-state index >= 15 is 0 Å². The number of benzene rings is 4. The Morgan fingerprint density at radius 1 is 0.529 bits per heavy atom. The van der Waals surface area contributed by atoms with Crippen molar-refractivity contribution in [2.24, 2.45) is 0 Å². The van der Waals surface area contributed by atoms with Gasteiger partial charge in [-0.15, -0.1) is 0 Å². The molecule has 0 N–H and O–H groups in total. The lowest BCUT2D eigenvalue weighted by molar-refractivity contribution is 0.619. The van der Waals surface area contributed by atoms with Crippen LogP contribution in [0.4, 0.5) is 0 Å². The van der Waals surface area contributed by atoms with Crippen molar-refractivity contribution in [1.29, 1.82) is 0 Å². The van der Waals surface area contributed by atoms with Crippen molar-refractivity contribution >= 4 is 22.2 Å². The van der Waals surface area contributed by atoms with Crippen LogP contribution < -0.4 is 0 Å². The molecule has 0 spiro atoms. The second kappa shape index (κ2) is 8.31. The highest BCUT2D eigenvalue weighted by atomic mass is 16.4. The summed E-state index contributed by atoms with van der Waals surface area (Å²) in [6.07, 6.45) is 1.93. The summed E-state index contributed by atoms with van der Waals surface area (Å²) in [5.74, 6) is 1.33. The summed E-state index contributed by atoms with van der Waals surface area (Å²) >= 11 is 0. The lowest BCUT2D eigenvalue weighted by Gasteiger charge is -2.04. The minimum absolute atomic E-state index is 0.664. The average molecular weight is 445 g/mol. The Bertz CT molecular complexity index is 1480. The van der Waals surface area contributed by atoms with Gasteiger partial charge in [-0.25, -0.2) is 9.97 Å². The number of hydrogen-bond acceptors (Lipinski definition) is 4. The lowest BCUT2D eigenvalue weighted by Crippen LogP contribution is -1.91. The van der Waals surface area contributed by atoms with Crippen LogP contribution in [0.25, 0.3) is 45.1 Å². The zero-order valence-electron chi connectivity index (χ0n) is 19.2. The average Bonchev–Trinajstić information content (AvgIpc) is 3.47. The van der Waals surface area contributed by atoms with Crippen LogP contribution in [-0.2, 0) is 12.8 Å².